The first-order chi connectivity index (χ1) is 13.4. The molecule has 0 atom stereocenters. The van der Waals surface area contributed by atoms with Crippen LogP contribution in [0, 0.1) is 5.92 Å². The molecule has 0 bridgehead atoms. The fraction of sp³-hybridized carbons (Fsp3) is 0.565. The molecule has 2 heterocycles. The molecule has 1 aliphatic rings. The number of nitrogens with zero attached hydrogens (tertiary/aromatic N) is 3. The van der Waals surface area contributed by atoms with E-state index in [9.17, 15) is 4.79 Å². The predicted octanol–water partition coefficient (Wildman–Crippen LogP) is 4.45. The maximum Gasteiger partial charge on any atom is 0.260 e. The molecular weight excluding hydrogens is 350 g/mol. The largest absolute Gasteiger partial charge is 0.484 e. The van der Waals surface area contributed by atoms with Gasteiger partial charge in [-0.1, -0.05) is 39.8 Å². The van der Waals surface area contributed by atoms with Gasteiger partial charge in [0.2, 0.25) is 0 Å². The Hall–Kier alpha value is -2.30. The lowest BCUT2D eigenvalue weighted by molar-refractivity contribution is -0.134. The molecule has 28 heavy (non-hydrogen) atoms. The molecule has 0 radical (unpaired) electrons. The molecule has 1 aliphatic heterocycles. The Labute approximate surface area is 168 Å². The SMILES string of the molecule is CC(C)c1ccc(OCC(=O)N2CCC(Cn3ccnc3C(C)C)CC2)cc1. The van der Waals surface area contributed by atoms with Crippen molar-refractivity contribution in [2.45, 2.75) is 58.9 Å². The second kappa shape index (κ2) is 9.26. The van der Waals surface area contributed by atoms with Crippen LogP contribution in [-0.2, 0) is 11.3 Å². The van der Waals surface area contributed by atoms with Crippen molar-refractivity contribution in [3.8, 4) is 5.75 Å². The third-order valence-electron chi connectivity index (χ3n) is 5.60. The molecular formula is C23H33N3O2. The molecule has 1 amide bonds. The molecule has 0 unspecified atom stereocenters. The number of carbonyl (C=O) groups is 1. The average molecular weight is 384 g/mol. The van der Waals surface area contributed by atoms with Gasteiger partial charge in [0, 0.05) is 37.9 Å². The van der Waals surface area contributed by atoms with E-state index in [0.29, 0.717) is 17.8 Å². The van der Waals surface area contributed by atoms with Gasteiger partial charge in [-0.3, -0.25) is 4.79 Å². The van der Waals surface area contributed by atoms with Crippen molar-refractivity contribution in [2.24, 2.45) is 5.92 Å². The first-order valence-corrected chi connectivity index (χ1v) is 10.5. The van der Waals surface area contributed by atoms with E-state index in [4.69, 9.17) is 4.74 Å². The molecule has 0 N–H and O–H groups in total. The molecule has 0 saturated carbocycles. The van der Waals surface area contributed by atoms with E-state index < -0.39 is 0 Å². The number of aromatic nitrogens is 2. The molecule has 5 heteroatoms. The van der Waals surface area contributed by atoms with Gasteiger partial charge in [0.25, 0.3) is 5.91 Å². The molecule has 1 fully saturated rings. The first-order valence-electron chi connectivity index (χ1n) is 10.5. The minimum atomic E-state index is 0.0805. The first kappa shape index (κ1) is 20.4. The highest BCUT2D eigenvalue weighted by molar-refractivity contribution is 5.77. The van der Waals surface area contributed by atoms with Crippen LogP contribution >= 0.6 is 0 Å². The van der Waals surface area contributed by atoms with Crippen molar-refractivity contribution in [3.63, 3.8) is 0 Å². The maximum absolute atomic E-state index is 12.5. The summed E-state index contributed by atoms with van der Waals surface area (Å²) < 4.78 is 7.98. The molecule has 1 aromatic heterocycles. The molecule has 1 aromatic carbocycles. The highest BCUT2D eigenvalue weighted by Crippen LogP contribution is 2.22. The van der Waals surface area contributed by atoms with E-state index >= 15 is 0 Å². The summed E-state index contributed by atoms with van der Waals surface area (Å²) >= 11 is 0. The number of benzene rings is 1. The summed E-state index contributed by atoms with van der Waals surface area (Å²) in [4.78, 5) is 18.9. The minimum Gasteiger partial charge on any atom is -0.484 e. The van der Waals surface area contributed by atoms with E-state index in [1.807, 2.05) is 23.2 Å². The smallest absolute Gasteiger partial charge is 0.260 e. The monoisotopic (exact) mass is 383 g/mol. The minimum absolute atomic E-state index is 0.0805. The number of piperidine rings is 1. The fourth-order valence-electron chi connectivity index (χ4n) is 3.80. The van der Waals surface area contributed by atoms with E-state index in [1.54, 1.807) is 0 Å². The van der Waals surface area contributed by atoms with Crippen molar-refractivity contribution < 1.29 is 9.53 Å². The van der Waals surface area contributed by atoms with Gasteiger partial charge < -0.3 is 14.2 Å². The number of imidazole rings is 1. The van der Waals surface area contributed by atoms with Crippen LogP contribution in [0.3, 0.4) is 0 Å². The van der Waals surface area contributed by atoms with Gasteiger partial charge in [-0.2, -0.15) is 0 Å². The standard InChI is InChI=1S/C23H33N3O2/c1-17(2)20-5-7-21(8-6-20)28-16-22(27)25-12-9-19(10-13-25)15-26-14-11-24-23(26)18(3)4/h5-8,11,14,17-19H,9-10,12-13,15-16H2,1-4H3. The quantitative estimate of drug-likeness (QED) is 0.710. The average Bonchev–Trinajstić information content (AvgIpc) is 3.15. The van der Waals surface area contributed by atoms with Crippen LogP contribution in [-0.4, -0.2) is 40.1 Å². The molecule has 1 saturated heterocycles. The third kappa shape index (κ3) is 5.15. The summed E-state index contributed by atoms with van der Waals surface area (Å²) in [5, 5.41) is 0. The number of ether oxygens (including phenoxy) is 1. The number of likely N-dealkylation sites (tertiary alicyclic amines) is 1. The highest BCUT2D eigenvalue weighted by Gasteiger charge is 2.24. The van der Waals surface area contributed by atoms with Crippen molar-refractivity contribution >= 4 is 5.91 Å². The number of hydrogen-bond acceptors (Lipinski definition) is 3. The molecule has 5 nitrogen and oxygen atoms in total. The van der Waals surface area contributed by atoms with Gasteiger partial charge in [0.1, 0.15) is 11.6 Å². The molecule has 2 aromatic rings. The zero-order chi connectivity index (χ0) is 20.1. The zero-order valence-corrected chi connectivity index (χ0v) is 17.6. The lowest BCUT2D eigenvalue weighted by atomic mass is 9.96. The predicted molar refractivity (Wildman–Crippen MR) is 112 cm³/mol. The van der Waals surface area contributed by atoms with Crippen LogP contribution in [0.1, 0.15) is 63.8 Å². The van der Waals surface area contributed by atoms with Crippen LogP contribution < -0.4 is 4.74 Å². The summed E-state index contributed by atoms with van der Waals surface area (Å²) in [7, 11) is 0. The van der Waals surface area contributed by atoms with E-state index in [1.165, 1.54) is 5.56 Å². The Bertz CT molecular complexity index is 756. The number of rotatable bonds is 7. The van der Waals surface area contributed by atoms with Gasteiger partial charge in [-0.05, 0) is 42.4 Å². The van der Waals surface area contributed by atoms with Crippen molar-refractivity contribution in [2.75, 3.05) is 19.7 Å². The van der Waals surface area contributed by atoms with E-state index in [-0.39, 0.29) is 12.5 Å². The van der Waals surface area contributed by atoms with Crippen LogP contribution in [0.4, 0.5) is 0 Å². The second-order valence-electron chi connectivity index (χ2n) is 8.43. The van der Waals surface area contributed by atoms with Crippen molar-refractivity contribution in [3.05, 3.63) is 48.0 Å². The highest BCUT2D eigenvalue weighted by atomic mass is 16.5. The lowest BCUT2D eigenvalue weighted by Gasteiger charge is -2.32. The molecule has 0 aliphatic carbocycles. The second-order valence-corrected chi connectivity index (χ2v) is 8.43. The Morgan fingerprint density at radius 2 is 1.79 bits per heavy atom. The topological polar surface area (TPSA) is 47.4 Å². The third-order valence-corrected chi connectivity index (χ3v) is 5.60. The number of amides is 1. The molecule has 3 rings (SSSR count). The summed E-state index contributed by atoms with van der Waals surface area (Å²) in [5.74, 6) is 3.51. The van der Waals surface area contributed by atoms with Crippen LogP contribution in [0.2, 0.25) is 0 Å². The van der Waals surface area contributed by atoms with Crippen LogP contribution in [0.25, 0.3) is 0 Å². The normalized spacial score (nSPS) is 15.4. The molecule has 0 spiro atoms. The van der Waals surface area contributed by atoms with Crippen LogP contribution in [0.5, 0.6) is 5.75 Å². The Morgan fingerprint density at radius 1 is 1.11 bits per heavy atom. The van der Waals surface area contributed by atoms with Crippen molar-refractivity contribution in [1.82, 2.24) is 14.5 Å². The maximum atomic E-state index is 12.5. The van der Waals surface area contributed by atoms with Gasteiger partial charge in [-0.25, -0.2) is 4.98 Å². The fourth-order valence-corrected chi connectivity index (χ4v) is 3.80. The zero-order valence-electron chi connectivity index (χ0n) is 17.6. The van der Waals surface area contributed by atoms with Crippen molar-refractivity contribution in [1.29, 1.82) is 0 Å². The van der Waals surface area contributed by atoms with Gasteiger partial charge >= 0.3 is 0 Å². The van der Waals surface area contributed by atoms with E-state index in [0.717, 1.165) is 44.0 Å². The number of carbonyl (C=O) groups excluding carboxylic acids is 1. The van der Waals surface area contributed by atoms with Gasteiger partial charge in [-0.15, -0.1) is 0 Å². The Kier molecular flexibility index (Phi) is 6.76. The van der Waals surface area contributed by atoms with Gasteiger partial charge in [0.05, 0.1) is 0 Å². The van der Waals surface area contributed by atoms with Crippen LogP contribution in [0.15, 0.2) is 36.7 Å². The molecule has 152 valence electrons. The summed E-state index contributed by atoms with van der Waals surface area (Å²) in [6.45, 7) is 11.4. The number of hydrogen-bond donors (Lipinski definition) is 0. The Morgan fingerprint density at radius 3 is 2.39 bits per heavy atom. The lowest BCUT2D eigenvalue weighted by Crippen LogP contribution is -2.41. The summed E-state index contributed by atoms with van der Waals surface area (Å²) in [6.07, 6.45) is 6.03. The van der Waals surface area contributed by atoms with E-state index in [2.05, 4.69) is 55.6 Å². The summed E-state index contributed by atoms with van der Waals surface area (Å²) in [5.41, 5.74) is 1.28. The van der Waals surface area contributed by atoms with Gasteiger partial charge in [0.15, 0.2) is 6.61 Å². The summed E-state index contributed by atoms with van der Waals surface area (Å²) in [6, 6.07) is 8.04. The Balaban J connectivity index is 1.44.